The number of piperidine rings is 1. The standard InChI is InChI=1S/C20H23ClN2O3S/c1-14-10-15(2)13-23(12-14)27(25,26)17-8-9-19(21)18(11-17)20(24)22-16-6-4-3-5-7-16/h3-9,11,14-15H,10,12-13H2,1-2H3,(H,22,24)/t14-,15-/m1/s1. The van der Waals surface area contributed by atoms with Crippen LogP contribution >= 0.6 is 11.6 Å². The van der Waals surface area contributed by atoms with Gasteiger partial charge in [0.1, 0.15) is 0 Å². The summed E-state index contributed by atoms with van der Waals surface area (Å²) in [5.74, 6) is 0.164. The minimum absolute atomic E-state index is 0.0893. The predicted molar refractivity (Wildman–Crippen MR) is 108 cm³/mol. The van der Waals surface area contributed by atoms with Crippen molar-refractivity contribution in [1.29, 1.82) is 0 Å². The quantitative estimate of drug-likeness (QED) is 0.824. The molecule has 2 aromatic rings. The lowest BCUT2D eigenvalue weighted by Crippen LogP contribution is -2.42. The topological polar surface area (TPSA) is 66.5 Å². The van der Waals surface area contributed by atoms with E-state index in [0.717, 1.165) is 6.42 Å². The van der Waals surface area contributed by atoms with Crippen LogP contribution in [0.3, 0.4) is 0 Å². The largest absolute Gasteiger partial charge is 0.322 e. The molecule has 0 unspecified atom stereocenters. The van der Waals surface area contributed by atoms with Gasteiger partial charge >= 0.3 is 0 Å². The Morgan fingerprint density at radius 3 is 2.33 bits per heavy atom. The first kappa shape index (κ1) is 19.9. The van der Waals surface area contributed by atoms with E-state index in [4.69, 9.17) is 11.6 Å². The second-order valence-electron chi connectivity index (χ2n) is 7.23. The molecule has 144 valence electrons. The van der Waals surface area contributed by atoms with Gasteiger partial charge in [0.2, 0.25) is 10.0 Å². The van der Waals surface area contributed by atoms with Gasteiger partial charge in [-0.3, -0.25) is 4.79 Å². The number of rotatable bonds is 4. The van der Waals surface area contributed by atoms with E-state index in [2.05, 4.69) is 19.2 Å². The zero-order valence-electron chi connectivity index (χ0n) is 15.4. The van der Waals surface area contributed by atoms with Gasteiger partial charge in [-0.25, -0.2) is 8.42 Å². The summed E-state index contributed by atoms with van der Waals surface area (Å²) in [4.78, 5) is 12.7. The molecule has 1 heterocycles. The summed E-state index contributed by atoms with van der Waals surface area (Å²) in [5.41, 5.74) is 0.755. The van der Waals surface area contributed by atoms with Gasteiger partial charge in [-0.15, -0.1) is 0 Å². The summed E-state index contributed by atoms with van der Waals surface area (Å²) in [6, 6.07) is 13.2. The minimum atomic E-state index is -3.68. The summed E-state index contributed by atoms with van der Waals surface area (Å²) >= 11 is 6.17. The first-order chi connectivity index (χ1) is 12.8. The van der Waals surface area contributed by atoms with Crippen LogP contribution in [0.4, 0.5) is 5.69 Å². The number of sulfonamides is 1. The third kappa shape index (κ3) is 4.51. The Labute approximate surface area is 165 Å². The maximum atomic E-state index is 13.1. The fourth-order valence-electron chi connectivity index (χ4n) is 3.51. The number of benzene rings is 2. The van der Waals surface area contributed by atoms with Crippen LogP contribution in [0.1, 0.15) is 30.6 Å². The van der Waals surface area contributed by atoms with Crippen molar-refractivity contribution in [1.82, 2.24) is 4.31 Å². The molecule has 3 rings (SSSR count). The van der Waals surface area contributed by atoms with Crippen LogP contribution in [-0.2, 0) is 10.0 Å². The molecular weight excluding hydrogens is 384 g/mol. The molecule has 0 bridgehead atoms. The van der Waals surface area contributed by atoms with Crippen molar-refractivity contribution in [3.8, 4) is 0 Å². The first-order valence-electron chi connectivity index (χ1n) is 8.93. The van der Waals surface area contributed by atoms with Crippen LogP contribution in [0.5, 0.6) is 0 Å². The number of hydrogen-bond acceptors (Lipinski definition) is 3. The lowest BCUT2D eigenvalue weighted by molar-refractivity contribution is 0.102. The van der Waals surface area contributed by atoms with Crippen molar-refractivity contribution in [2.45, 2.75) is 25.2 Å². The highest BCUT2D eigenvalue weighted by Crippen LogP contribution is 2.29. The van der Waals surface area contributed by atoms with Gasteiger partial charge in [-0.1, -0.05) is 43.6 Å². The third-order valence-corrected chi connectivity index (χ3v) is 6.84. The molecule has 1 aliphatic heterocycles. The molecule has 1 amide bonds. The van der Waals surface area contributed by atoms with E-state index in [1.807, 2.05) is 6.07 Å². The van der Waals surface area contributed by atoms with E-state index >= 15 is 0 Å². The van der Waals surface area contributed by atoms with Gasteiger partial charge in [0.05, 0.1) is 15.5 Å². The Bertz CT molecular complexity index is 921. The lowest BCUT2D eigenvalue weighted by atomic mass is 9.94. The van der Waals surface area contributed by atoms with Crippen LogP contribution in [0.25, 0.3) is 0 Å². The van der Waals surface area contributed by atoms with Crippen molar-refractivity contribution in [3.05, 3.63) is 59.1 Å². The number of amides is 1. The van der Waals surface area contributed by atoms with Gasteiger partial charge < -0.3 is 5.32 Å². The van der Waals surface area contributed by atoms with Crippen molar-refractivity contribution >= 4 is 33.2 Å². The normalized spacial score (nSPS) is 21.0. The van der Waals surface area contributed by atoms with E-state index in [-0.39, 0.29) is 15.5 Å². The lowest BCUT2D eigenvalue weighted by Gasteiger charge is -2.34. The average molecular weight is 407 g/mol. The van der Waals surface area contributed by atoms with Crippen LogP contribution in [0.15, 0.2) is 53.4 Å². The summed E-state index contributed by atoms with van der Waals surface area (Å²) in [6.07, 6.45) is 1.01. The second kappa shape index (κ2) is 8.00. The maximum Gasteiger partial charge on any atom is 0.257 e. The van der Waals surface area contributed by atoms with E-state index in [0.29, 0.717) is 30.6 Å². The molecule has 0 aromatic heterocycles. The van der Waals surface area contributed by atoms with E-state index in [9.17, 15) is 13.2 Å². The van der Waals surface area contributed by atoms with E-state index in [1.54, 1.807) is 24.3 Å². The highest BCUT2D eigenvalue weighted by atomic mass is 35.5. The minimum Gasteiger partial charge on any atom is -0.322 e. The number of nitrogens with one attached hydrogen (secondary N) is 1. The second-order valence-corrected chi connectivity index (χ2v) is 9.58. The maximum absolute atomic E-state index is 13.1. The molecule has 0 spiro atoms. The molecule has 0 saturated carbocycles. The Morgan fingerprint density at radius 2 is 1.70 bits per heavy atom. The van der Waals surface area contributed by atoms with Gasteiger partial charge in [0, 0.05) is 18.8 Å². The van der Waals surface area contributed by atoms with Gasteiger partial charge in [0.25, 0.3) is 5.91 Å². The molecule has 1 aliphatic rings. The molecule has 5 nitrogen and oxygen atoms in total. The number of carbonyl (C=O) groups is 1. The molecule has 0 radical (unpaired) electrons. The number of anilines is 1. The smallest absolute Gasteiger partial charge is 0.257 e. The Kier molecular flexibility index (Phi) is 5.89. The fraction of sp³-hybridized carbons (Fsp3) is 0.350. The van der Waals surface area contributed by atoms with Gasteiger partial charge in [0.15, 0.2) is 0 Å². The van der Waals surface area contributed by atoms with Crippen LogP contribution in [0.2, 0.25) is 5.02 Å². The third-order valence-electron chi connectivity index (χ3n) is 4.69. The molecule has 7 heteroatoms. The van der Waals surface area contributed by atoms with Crippen molar-refractivity contribution in [2.24, 2.45) is 11.8 Å². The van der Waals surface area contributed by atoms with Crippen LogP contribution in [0, 0.1) is 11.8 Å². The molecular formula is C20H23ClN2O3S. The van der Waals surface area contributed by atoms with Gasteiger partial charge in [-0.2, -0.15) is 4.31 Å². The summed E-state index contributed by atoms with van der Waals surface area (Å²) in [7, 11) is -3.68. The summed E-state index contributed by atoms with van der Waals surface area (Å²) < 4.78 is 27.7. The van der Waals surface area contributed by atoms with Crippen LogP contribution < -0.4 is 5.32 Å². The molecule has 27 heavy (non-hydrogen) atoms. The highest BCUT2D eigenvalue weighted by Gasteiger charge is 2.32. The monoisotopic (exact) mass is 406 g/mol. The highest BCUT2D eigenvalue weighted by molar-refractivity contribution is 7.89. The fourth-order valence-corrected chi connectivity index (χ4v) is 5.42. The number of para-hydroxylation sites is 1. The van der Waals surface area contributed by atoms with E-state index < -0.39 is 15.9 Å². The number of hydrogen-bond donors (Lipinski definition) is 1. The van der Waals surface area contributed by atoms with Crippen LogP contribution in [-0.4, -0.2) is 31.7 Å². The average Bonchev–Trinajstić information content (AvgIpc) is 2.62. The molecule has 2 aromatic carbocycles. The predicted octanol–water partition coefficient (Wildman–Crippen LogP) is 4.26. The van der Waals surface area contributed by atoms with Crippen molar-refractivity contribution in [2.75, 3.05) is 18.4 Å². The number of carbonyl (C=O) groups excluding carboxylic acids is 1. The Hall–Kier alpha value is -1.89. The Morgan fingerprint density at radius 1 is 1.07 bits per heavy atom. The zero-order chi connectivity index (χ0) is 19.6. The van der Waals surface area contributed by atoms with E-state index in [1.165, 1.54) is 22.5 Å². The summed E-state index contributed by atoms with van der Waals surface area (Å²) in [5, 5.41) is 2.95. The number of nitrogens with zero attached hydrogens (tertiary/aromatic N) is 1. The summed E-state index contributed by atoms with van der Waals surface area (Å²) in [6.45, 7) is 5.08. The SMILES string of the molecule is C[C@@H]1C[C@@H](C)CN(S(=O)(=O)c2ccc(Cl)c(C(=O)Nc3ccccc3)c2)C1. The molecule has 0 aliphatic carbocycles. The zero-order valence-corrected chi connectivity index (χ0v) is 16.9. The Balaban J connectivity index is 1.89. The molecule has 1 N–H and O–H groups in total. The molecule has 2 atom stereocenters. The van der Waals surface area contributed by atoms with Crippen molar-refractivity contribution < 1.29 is 13.2 Å². The van der Waals surface area contributed by atoms with Crippen molar-refractivity contribution in [3.63, 3.8) is 0 Å². The molecule has 1 saturated heterocycles. The number of halogens is 1. The first-order valence-corrected chi connectivity index (χ1v) is 10.8. The molecule has 1 fully saturated rings. The van der Waals surface area contributed by atoms with Gasteiger partial charge in [-0.05, 0) is 48.6 Å².